The van der Waals surface area contributed by atoms with Gasteiger partial charge in [-0.15, -0.1) is 0 Å². The number of methoxy groups -OCH3 is 2. The Labute approximate surface area is 140 Å². The van der Waals surface area contributed by atoms with Crippen LogP contribution in [0.4, 0.5) is 0 Å². The first-order valence-corrected chi connectivity index (χ1v) is 7.69. The topological polar surface area (TPSA) is 86.7 Å². The fourth-order valence-corrected chi connectivity index (χ4v) is 3.42. The lowest BCUT2D eigenvalue weighted by Crippen LogP contribution is -2.39. The number of hydrogen-bond acceptors (Lipinski definition) is 6. The van der Waals surface area contributed by atoms with Crippen LogP contribution in [0.1, 0.15) is 29.6 Å². The van der Waals surface area contributed by atoms with Gasteiger partial charge in [0.2, 0.25) is 0 Å². The summed E-state index contributed by atoms with van der Waals surface area (Å²) in [6.45, 7) is 0. The van der Waals surface area contributed by atoms with E-state index in [9.17, 15) is 19.2 Å². The molecule has 0 spiro atoms. The summed E-state index contributed by atoms with van der Waals surface area (Å²) in [7, 11) is 2.37. The van der Waals surface area contributed by atoms with Gasteiger partial charge in [0.05, 0.1) is 14.2 Å². The molecule has 0 amide bonds. The van der Waals surface area contributed by atoms with E-state index in [1.54, 1.807) is 30.3 Å². The number of ether oxygens (including phenoxy) is 2. The first-order chi connectivity index (χ1) is 11.5. The number of ketones is 1. The van der Waals surface area contributed by atoms with Crippen LogP contribution in [0.15, 0.2) is 30.3 Å². The van der Waals surface area contributed by atoms with E-state index >= 15 is 0 Å². The minimum Gasteiger partial charge on any atom is -0.468 e. The maximum absolute atomic E-state index is 12.4. The van der Waals surface area contributed by atoms with Gasteiger partial charge in [0.25, 0.3) is 0 Å². The predicted molar refractivity (Wildman–Crippen MR) is 84.1 cm³/mol. The molecule has 0 aliphatic heterocycles. The zero-order chi connectivity index (χ0) is 17.7. The van der Waals surface area contributed by atoms with Crippen LogP contribution in [-0.2, 0) is 23.9 Å². The van der Waals surface area contributed by atoms with Gasteiger partial charge in [0.15, 0.2) is 11.2 Å². The van der Waals surface area contributed by atoms with Crippen molar-refractivity contribution < 1.29 is 28.7 Å². The lowest BCUT2D eigenvalue weighted by atomic mass is 9.84. The summed E-state index contributed by atoms with van der Waals surface area (Å²) in [5.41, 5.74) is -0.979. The average molecular weight is 332 g/mol. The molecule has 0 aromatic heterocycles. The number of benzene rings is 1. The van der Waals surface area contributed by atoms with Crippen molar-refractivity contribution in [3.63, 3.8) is 0 Å². The lowest BCUT2D eigenvalue weighted by Gasteiger charge is -2.23. The standard InChI is InChI=1S/C18H20O6/c1-23-16(21)18(17(22)24-2)9-13(14(10-18)11-19)8-15(20)12-6-4-3-5-7-12/h3-7,11,13-14H,8-10H2,1-2H3/t13-,14+/m1/s1. The van der Waals surface area contributed by atoms with E-state index in [2.05, 4.69) is 0 Å². The molecule has 24 heavy (non-hydrogen) atoms. The second-order valence-corrected chi connectivity index (χ2v) is 6.03. The van der Waals surface area contributed by atoms with Crippen LogP contribution in [0, 0.1) is 17.3 Å². The minimum atomic E-state index is -1.52. The Kier molecular flexibility index (Phi) is 5.49. The highest BCUT2D eigenvalue weighted by Crippen LogP contribution is 2.48. The summed E-state index contributed by atoms with van der Waals surface area (Å²) in [6.07, 6.45) is 0.858. The molecule has 0 N–H and O–H groups in total. The van der Waals surface area contributed by atoms with Crippen molar-refractivity contribution in [2.75, 3.05) is 14.2 Å². The molecule has 1 aromatic rings. The van der Waals surface area contributed by atoms with Gasteiger partial charge < -0.3 is 14.3 Å². The summed E-state index contributed by atoms with van der Waals surface area (Å²) in [5.74, 6) is -2.56. The van der Waals surface area contributed by atoms with Gasteiger partial charge in [-0.2, -0.15) is 0 Å². The van der Waals surface area contributed by atoms with E-state index < -0.39 is 29.2 Å². The average Bonchev–Trinajstić information content (AvgIpc) is 3.00. The van der Waals surface area contributed by atoms with Crippen LogP contribution >= 0.6 is 0 Å². The summed E-state index contributed by atoms with van der Waals surface area (Å²) in [4.78, 5) is 48.2. The van der Waals surface area contributed by atoms with Gasteiger partial charge in [-0.25, -0.2) is 0 Å². The quantitative estimate of drug-likeness (QED) is 0.342. The van der Waals surface area contributed by atoms with Crippen LogP contribution in [0.25, 0.3) is 0 Å². The number of carbonyl (C=O) groups excluding carboxylic acids is 4. The highest BCUT2D eigenvalue weighted by Gasteiger charge is 2.57. The molecule has 1 saturated carbocycles. The third-order valence-corrected chi connectivity index (χ3v) is 4.67. The molecule has 2 atom stereocenters. The number of carbonyl (C=O) groups is 4. The fraction of sp³-hybridized carbons (Fsp3) is 0.444. The number of Topliss-reactive ketones (excluding diaryl/α,β-unsaturated/α-hetero) is 1. The zero-order valence-corrected chi connectivity index (χ0v) is 13.7. The molecular weight excluding hydrogens is 312 g/mol. The van der Waals surface area contributed by atoms with E-state index in [4.69, 9.17) is 9.47 Å². The zero-order valence-electron chi connectivity index (χ0n) is 13.7. The Morgan fingerprint density at radius 2 is 1.67 bits per heavy atom. The van der Waals surface area contributed by atoms with Crippen molar-refractivity contribution in [2.45, 2.75) is 19.3 Å². The van der Waals surface area contributed by atoms with E-state index in [-0.39, 0.29) is 25.0 Å². The molecule has 1 aliphatic carbocycles. The fourth-order valence-electron chi connectivity index (χ4n) is 3.42. The number of aldehydes is 1. The van der Waals surface area contributed by atoms with E-state index in [1.807, 2.05) is 0 Å². The van der Waals surface area contributed by atoms with Crippen molar-refractivity contribution in [2.24, 2.45) is 17.3 Å². The minimum absolute atomic E-state index is 0.00256. The van der Waals surface area contributed by atoms with Gasteiger partial charge in [-0.3, -0.25) is 14.4 Å². The summed E-state index contributed by atoms with van der Waals surface area (Å²) in [5, 5.41) is 0. The largest absolute Gasteiger partial charge is 0.468 e. The van der Waals surface area contributed by atoms with Crippen LogP contribution in [0.3, 0.4) is 0 Å². The van der Waals surface area contributed by atoms with E-state index in [1.165, 1.54) is 14.2 Å². The van der Waals surface area contributed by atoms with Crippen molar-refractivity contribution in [3.05, 3.63) is 35.9 Å². The van der Waals surface area contributed by atoms with Crippen molar-refractivity contribution >= 4 is 24.0 Å². The normalized spacial score (nSPS) is 21.8. The molecule has 1 aliphatic rings. The maximum atomic E-state index is 12.4. The molecule has 2 rings (SSSR count). The molecular formula is C18H20O6. The third kappa shape index (κ3) is 3.22. The van der Waals surface area contributed by atoms with Gasteiger partial charge in [-0.1, -0.05) is 30.3 Å². The maximum Gasteiger partial charge on any atom is 0.323 e. The molecule has 0 saturated heterocycles. The van der Waals surface area contributed by atoms with Crippen LogP contribution < -0.4 is 0 Å². The molecule has 128 valence electrons. The Bertz CT molecular complexity index is 620. The summed E-state index contributed by atoms with van der Waals surface area (Å²) >= 11 is 0. The molecule has 1 aromatic carbocycles. The lowest BCUT2D eigenvalue weighted by molar-refractivity contribution is -0.169. The first kappa shape index (κ1) is 17.8. The Balaban J connectivity index is 2.24. The second kappa shape index (κ2) is 7.38. The van der Waals surface area contributed by atoms with Crippen molar-refractivity contribution in [1.29, 1.82) is 0 Å². The highest BCUT2D eigenvalue weighted by atomic mass is 16.5. The monoisotopic (exact) mass is 332 g/mol. The smallest absolute Gasteiger partial charge is 0.323 e. The Hall–Kier alpha value is -2.50. The molecule has 0 bridgehead atoms. The highest BCUT2D eigenvalue weighted by molar-refractivity contribution is 6.01. The molecule has 0 heterocycles. The van der Waals surface area contributed by atoms with Crippen LogP contribution in [-0.4, -0.2) is 38.2 Å². The summed E-state index contributed by atoms with van der Waals surface area (Å²) in [6, 6.07) is 8.71. The number of hydrogen-bond donors (Lipinski definition) is 0. The Morgan fingerprint density at radius 1 is 1.08 bits per heavy atom. The number of rotatable bonds is 6. The van der Waals surface area contributed by atoms with Gasteiger partial charge in [-0.05, 0) is 18.8 Å². The molecule has 1 fully saturated rings. The molecule has 0 unspecified atom stereocenters. The van der Waals surface area contributed by atoms with Gasteiger partial charge >= 0.3 is 11.9 Å². The van der Waals surface area contributed by atoms with Crippen LogP contribution in [0.2, 0.25) is 0 Å². The number of esters is 2. The molecule has 0 radical (unpaired) electrons. The van der Waals surface area contributed by atoms with Crippen molar-refractivity contribution in [3.8, 4) is 0 Å². The van der Waals surface area contributed by atoms with Crippen molar-refractivity contribution in [1.82, 2.24) is 0 Å². The van der Waals surface area contributed by atoms with Crippen LogP contribution in [0.5, 0.6) is 0 Å². The SMILES string of the molecule is COC(=O)C1(C(=O)OC)C[C@@H](CC(=O)c2ccccc2)[C@H](C=O)C1. The first-order valence-electron chi connectivity index (χ1n) is 7.69. The Morgan fingerprint density at radius 3 is 2.17 bits per heavy atom. The molecule has 6 heteroatoms. The summed E-state index contributed by atoms with van der Waals surface area (Å²) < 4.78 is 9.50. The van der Waals surface area contributed by atoms with Gasteiger partial charge in [0, 0.05) is 17.9 Å². The van der Waals surface area contributed by atoms with E-state index in [0.717, 1.165) is 0 Å². The van der Waals surface area contributed by atoms with Gasteiger partial charge in [0.1, 0.15) is 6.29 Å². The predicted octanol–water partition coefficient (Wildman–Crippen LogP) is 1.82. The second-order valence-electron chi connectivity index (χ2n) is 6.03. The van der Waals surface area contributed by atoms with E-state index in [0.29, 0.717) is 11.8 Å². The third-order valence-electron chi connectivity index (χ3n) is 4.67. The molecule has 6 nitrogen and oxygen atoms in total.